The van der Waals surface area contributed by atoms with E-state index in [1.54, 1.807) is 12.4 Å². The van der Waals surface area contributed by atoms with Crippen LogP contribution in [-0.4, -0.2) is 9.55 Å². The maximum atomic E-state index is 4.24. The van der Waals surface area contributed by atoms with E-state index in [-0.39, 0.29) is 0 Å². The summed E-state index contributed by atoms with van der Waals surface area (Å²) < 4.78 is 1.92. The lowest BCUT2D eigenvalue weighted by Crippen LogP contribution is -1.89. The van der Waals surface area contributed by atoms with Gasteiger partial charge in [0.15, 0.2) is 0 Å². The zero-order chi connectivity index (χ0) is 9.26. The first-order chi connectivity index (χ1) is 6.33. The first-order valence-electron chi connectivity index (χ1n) is 4.07. The highest BCUT2D eigenvalue weighted by Gasteiger charge is 2.00. The van der Waals surface area contributed by atoms with Gasteiger partial charge in [-0.25, -0.2) is 4.98 Å². The highest BCUT2D eigenvalue weighted by Crippen LogP contribution is 2.15. The Balaban J connectivity index is 2.71. The van der Waals surface area contributed by atoms with Crippen molar-refractivity contribution in [1.82, 2.24) is 9.55 Å². The van der Waals surface area contributed by atoms with Gasteiger partial charge < -0.3 is 0 Å². The highest BCUT2D eigenvalue weighted by atomic mass is 15.0. The zero-order valence-corrected chi connectivity index (χ0v) is 7.27. The summed E-state index contributed by atoms with van der Waals surface area (Å²) in [6.07, 6.45) is 3.48. The van der Waals surface area contributed by atoms with E-state index in [9.17, 15) is 0 Å². The highest BCUT2D eigenvalue weighted by molar-refractivity contribution is 5.79. The molecule has 1 aromatic heterocycles. The van der Waals surface area contributed by atoms with E-state index in [0.29, 0.717) is 0 Å². The van der Waals surface area contributed by atoms with Crippen LogP contribution in [0.4, 0.5) is 0 Å². The zero-order valence-electron chi connectivity index (χ0n) is 7.27. The molecule has 0 saturated carbocycles. The Hall–Kier alpha value is -1.83. The Morgan fingerprint density at radius 3 is 2.92 bits per heavy atom. The summed E-state index contributed by atoms with van der Waals surface area (Å²) in [5.74, 6) is 0. The summed E-state index contributed by atoms with van der Waals surface area (Å²) in [6, 6.07) is 7.94. The van der Waals surface area contributed by atoms with E-state index in [0.717, 1.165) is 16.7 Å². The van der Waals surface area contributed by atoms with Gasteiger partial charge in [-0.15, -0.1) is 0 Å². The molecule has 0 spiro atoms. The van der Waals surface area contributed by atoms with Gasteiger partial charge in [0.1, 0.15) is 6.33 Å². The van der Waals surface area contributed by atoms with E-state index < -0.39 is 0 Å². The van der Waals surface area contributed by atoms with Crippen molar-refractivity contribution < 1.29 is 0 Å². The van der Waals surface area contributed by atoms with Crippen molar-refractivity contribution in [2.45, 2.75) is 0 Å². The van der Waals surface area contributed by atoms with Gasteiger partial charge in [0.05, 0.1) is 11.0 Å². The van der Waals surface area contributed by atoms with Gasteiger partial charge in [-0.05, 0) is 18.2 Å². The van der Waals surface area contributed by atoms with Crippen molar-refractivity contribution in [3.63, 3.8) is 0 Å². The van der Waals surface area contributed by atoms with Gasteiger partial charge in [-0.1, -0.05) is 25.3 Å². The second-order valence-electron chi connectivity index (χ2n) is 2.80. The van der Waals surface area contributed by atoms with E-state index in [1.165, 1.54) is 0 Å². The molecular weight excluding hydrogens is 160 g/mol. The molecule has 1 aromatic carbocycles. The number of allylic oxidation sites excluding steroid dienone is 2. The van der Waals surface area contributed by atoms with Crippen molar-refractivity contribution >= 4 is 16.7 Å². The minimum absolute atomic E-state index is 0.841. The molecule has 0 aliphatic carbocycles. The molecule has 0 bridgehead atoms. The van der Waals surface area contributed by atoms with Gasteiger partial charge in [0.25, 0.3) is 0 Å². The third-order valence-corrected chi connectivity index (χ3v) is 2.00. The van der Waals surface area contributed by atoms with Crippen LogP contribution in [0.3, 0.4) is 0 Å². The van der Waals surface area contributed by atoms with Crippen LogP contribution in [0.15, 0.2) is 49.8 Å². The second kappa shape index (κ2) is 2.90. The second-order valence-corrected chi connectivity index (χ2v) is 2.80. The number of benzene rings is 1. The van der Waals surface area contributed by atoms with E-state index in [4.69, 9.17) is 0 Å². The predicted octanol–water partition coefficient (Wildman–Crippen LogP) is 2.69. The monoisotopic (exact) mass is 170 g/mol. The topological polar surface area (TPSA) is 17.8 Å². The smallest absolute Gasteiger partial charge is 0.100 e. The number of para-hydroxylation sites is 2. The summed E-state index contributed by atoms with van der Waals surface area (Å²) in [5.41, 5.74) is 2.88. The molecule has 2 rings (SSSR count). The standard InChI is InChI=1S/C11H10N2/c1-3-9(2)13-8-12-10-6-4-5-7-11(10)13/h3-8H,1-2H2. The Bertz CT molecular complexity index is 466. The third kappa shape index (κ3) is 1.16. The number of nitrogens with zero attached hydrogens (tertiary/aromatic N) is 2. The fraction of sp³-hybridized carbons (Fsp3) is 0. The summed E-state index contributed by atoms with van der Waals surface area (Å²) in [7, 11) is 0. The first-order valence-corrected chi connectivity index (χ1v) is 4.07. The lowest BCUT2D eigenvalue weighted by Gasteiger charge is -2.01. The third-order valence-electron chi connectivity index (χ3n) is 2.00. The molecule has 13 heavy (non-hydrogen) atoms. The molecule has 2 aromatic rings. The molecule has 0 atom stereocenters. The SMILES string of the molecule is C=CC(=C)n1cnc2ccccc21. The Morgan fingerprint density at radius 1 is 1.38 bits per heavy atom. The summed E-state index contributed by atoms with van der Waals surface area (Å²) in [5, 5.41) is 0. The normalized spacial score (nSPS) is 10.2. The predicted molar refractivity (Wildman–Crippen MR) is 55.3 cm³/mol. The molecular formula is C11H10N2. The first kappa shape index (κ1) is 7.80. The molecule has 0 saturated heterocycles. The maximum absolute atomic E-state index is 4.24. The van der Waals surface area contributed by atoms with Crippen LogP contribution in [0, 0.1) is 0 Å². The molecule has 0 radical (unpaired) electrons. The van der Waals surface area contributed by atoms with Gasteiger partial charge in [-0.3, -0.25) is 4.57 Å². The summed E-state index contributed by atoms with van der Waals surface area (Å²) >= 11 is 0. The van der Waals surface area contributed by atoms with Crippen LogP contribution in [0.2, 0.25) is 0 Å². The van der Waals surface area contributed by atoms with Gasteiger partial charge in [0.2, 0.25) is 0 Å². The van der Waals surface area contributed by atoms with Crippen LogP contribution in [0.25, 0.3) is 16.7 Å². The van der Waals surface area contributed by atoms with Gasteiger partial charge in [0, 0.05) is 5.70 Å². The van der Waals surface area contributed by atoms with Crippen molar-refractivity contribution in [1.29, 1.82) is 0 Å². The quantitative estimate of drug-likeness (QED) is 0.633. The van der Waals surface area contributed by atoms with Crippen molar-refractivity contribution in [3.05, 3.63) is 49.8 Å². The molecule has 0 aliphatic heterocycles. The molecule has 0 fully saturated rings. The fourth-order valence-corrected chi connectivity index (χ4v) is 1.29. The minimum atomic E-state index is 0.841. The van der Waals surface area contributed by atoms with E-state index in [1.807, 2.05) is 28.8 Å². The van der Waals surface area contributed by atoms with Crippen molar-refractivity contribution in [2.24, 2.45) is 0 Å². The van der Waals surface area contributed by atoms with Crippen LogP contribution in [0.5, 0.6) is 0 Å². The lowest BCUT2D eigenvalue weighted by molar-refractivity contribution is 1.14. The number of hydrogen-bond donors (Lipinski definition) is 0. The van der Waals surface area contributed by atoms with Crippen LogP contribution in [0.1, 0.15) is 0 Å². The average molecular weight is 170 g/mol. The number of rotatable bonds is 2. The molecule has 2 nitrogen and oxygen atoms in total. The van der Waals surface area contributed by atoms with Gasteiger partial charge in [-0.2, -0.15) is 0 Å². The van der Waals surface area contributed by atoms with Crippen molar-refractivity contribution in [3.8, 4) is 0 Å². The van der Waals surface area contributed by atoms with Crippen molar-refractivity contribution in [2.75, 3.05) is 0 Å². The molecule has 0 N–H and O–H groups in total. The molecule has 64 valence electrons. The Labute approximate surface area is 76.8 Å². The molecule has 0 amide bonds. The summed E-state index contributed by atoms with van der Waals surface area (Å²) in [4.78, 5) is 4.24. The van der Waals surface area contributed by atoms with Crippen LogP contribution < -0.4 is 0 Å². The molecule has 0 aliphatic rings. The van der Waals surface area contributed by atoms with Crippen LogP contribution in [-0.2, 0) is 0 Å². The minimum Gasteiger partial charge on any atom is -0.299 e. The average Bonchev–Trinajstić information content (AvgIpc) is 2.60. The van der Waals surface area contributed by atoms with E-state index >= 15 is 0 Å². The largest absolute Gasteiger partial charge is 0.299 e. The summed E-state index contributed by atoms with van der Waals surface area (Å²) in [6.45, 7) is 7.55. The Morgan fingerprint density at radius 2 is 2.15 bits per heavy atom. The lowest BCUT2D eigenvalue weighted by atomic mass is 10.3. The number of aromatic nitrogens is 2. The molecule has 0 unspecified atom stereocenters. The number of fused-ring (bicyclic) bond motifs is 1. The molecule has 1 heterocycles. The maximum Gasteiger partial charge on any atom is 0.100 e. The van der Waals surface area contributed by atoms with Crippen LogP contribution >= 0.6 is 0 Å². The van der Waals surface area contributed by atoms with Gasteiger partial charge >= 0.3 is 0 Å². The number of imidazole rings is 1. The van der Waals surface area contributed by atoms with E-state index in [2.05, 4.69) is 18.1 Å². The fourth-order valence-electron chi connectivity index (χ4n) is 1.29. The number of hydrogen-bond acceptors (Lipinski definition) is 1. The Kier molecular flexibility index (Phi) is 1.74. The molecule has 2 heteroatoms.